The first-order chi connectivity index (χ1) is 9.58. The molecule has 21 heavy (non-hydrogen) atoms. The molecule has 1 aromatic heterocycles. The number of rotatable bonds is 2. The SMILES string of the molecule is CP(c1nc2ccccc2nc1PC(C)(C)C)C(C)(C)C. The van der Waals surface area contributed by atoms with Crippen LogP contribution in [0.3, 0.4) is 0 Å². The van der Waals surface area contributed by atoms with E-state index < -0.39 is 0 Å². The zero-order valence-electron chi connectivity index (χ0n) is 14.2. The van der Waals surface area contributed by atoms with Gasteiger partial charge in [0.15, 0.2) is 0 Å². The summed E-state index contributed by atoms with van der Waals surface area (Å²) >= 11 is 0. The van der Waals surface area contributed by atoms with Crippen LogP contribution in [0.2, 0.25) is 0 Å². The van der Waals surface area contributed by atoms with Crippen molar-refractivity contribution in [1.82, 2.24) is 9.97 Å². The second-order valence-electron chi connectivity index (χ2n) is 7.49. The van der Waals surface area contributed by atoms with E-state index in [-0.39, 0.29) is 18.2 Å². The lowest BCUT2D eigenvalue weighted by Gasteiger charge is -2.30. The molecule has 0 N–H and O–H groups in total. The van der Waals surface area contributed by atoms with Gasteiger partial charge in [-0.05, 0) is 29.1 Å². The predicted octanol–water partition coefficient (Wildman–Crippen LogP) is 4.27. The fourth-order valence-corrected chi connectivity index (χ4v) is 4.97. The zero-order valence-corrected chi connectivity index (χ0v) is 16.0. The van der Waals surface area contributed by atoms with E-state index in [1.165, 1.54) is 10.9 Å². The van der Waals surface area contributed by atoms with Gasteiger partial charge in [-0.2, -0.15) is 0 Å². The summed E-state index contributed by atoms with van der Waals surface area (Å²) < 4.78 is 0. The van der Waals surface area contributed by atoms with E-state index in [0.717, 1.165) is 11.0 Å². The van der Waals surface area contributed by atoms with E-state index in [1.54, 1.807) is 0 Å². The molecule has 0 aliphatic heterocycles. The van der Waals surface area contributed by atoms with Crippen LogP contribution >= 0.6 is 16.5 Å². The molecular weight excluding hydrogens is 294 g/mol. The maximum atomic E-state index is 5.00. The minimum Gasteiger partial charge on any atom is -0.244 e. The molecule has 2 rings (SSSR count). The molecule has 1 heterocycles. The second-order valence-corrected chi connectivity index (χ2v) is 12.6. The molecule has 0 aliphatic rings. The Morgan fingerprint density at radius 2 is 1.43 bits per heavy atom. The summed E-state index contributed by atoms with van der Waals surface area (Å²) in [5.74, 6) is 0. The Kier molecular flexibility index (Phi) is 4.72. The van der Waals surface area contributed by atoms with Crippen molar-refractivity contribution in [1.29, 1.82) is 0 Å². The summed E-state index contributed by atoms with van der Waals surface area (Å²) in [4.78, 5) is 9.96. The third-order valence-electron chi connectivity index (χ3n) is 3.37. The molecule has 2 unspecified atom stereocenters. The van der Waals surface area contributed by atoms with Crippen LogP contribution in [0.1, 0.15) is 41.5 Å². The molecule has 0 spiro atoms. The first-order valence-electron chi connectivity index (χ1n) is 7.37. The number of hydrogen-bond donors (Lipinski definition) is 0. The molecular formula is C17H26N2P2. The van der Waals surface area contributed by atoms with Gasteiger partial charge < -0.3 is 0 Å². The first-order valence-corrected chi connectivity index (χ1v) is 10.2. The Bertz CT molecular complexity index is 639. The predicted molar refractivity (Wildman–Crippen MR) is 99.5 cm³/mol. The third-order valence-corrected chi connectivity index (χ3v) is 7.87. The van der Waals surface area contributed by atoms with Crippen molar-refractivity contribution in [3.8, 4) is 0 Å². The van der Waals surface area contributed by atoms with Gasteiger partial charge in [0.2, 0.25) is 0 Å². The lowest BCUT2D eigenvalue weighted by Crippen LogP contribution is -2.33. The van der Waals surface area contributed by atoms with Crippen LogP contribution in [-0.4, -0.2) is 26.9 Å². The molecule has 0 aliphatic carbocycles. The Labute approximate surface area is 131 Å². The Morgan fingerprint density at radius 1 is 0.905 bits per heavy atom. The standard InChI is InChI=1S/C17H26N2P2/c1-16(2,3)20-14-15(21(7)17(4,5)6)19-13-11-9-8-10-12(13)18-14/h8-11,20H,1-7H3. The van der Waals surface area contributed by atoms with E-state index in [1.807, 2.05) is 12.1 Å². The number of para-hydroxylation sites is 2. The summed E-state index contributed by atoms with van der Waals surface area (Å²) in [6.07, 6.45) is 0. The molecule has 0 saturated carbocycles. The van der Waals surface area contributed by atoms with E-state index in [9.17, 15) is 0 Å². The molecule has 2 aromatic rings. The number of fused-ring (bicyclic) bond motifs is 1. The average molecular weight is 320 g/mol. The van der Waals surface area contributed by atoms with Crippen LogP contribution in [0.5, 0.6) is 0 Å². The van der Waals surface area contributed by atoms with Gasteiger partial charge in [-0.3, -0.25) is 0 Å². The molecule has 114 valence electrons. The minimum atomic E-state index is -0.330. The smallest absolute Gasteiger partial charge is 0.0897 e. The van der Waals surface area contributed by atoms with E-state index in [0.29, 0.717) is 8.58 Å². The number of aromatic nitrogens is 2. The molecule has 1 aromatic carbocycles. The lowest BCUT2D eigenvalue weighted by molar-refractivity contribution is 0.789. The summed E-state index contributed by atoms with van der Waals surface area (Å²) in [6, 6.07) is 8.22. The summed E-state index contributed by atoms with van der Waals surface area (Å²) in [5.41, 5.74) is 4.49. The van der Waals surface area contributed by atoms with Gasteiger partial charge in [-0.15, -0.1) is 0 Å². The van der Waals surface area contributed by atoms with Gasteiger partial charge in [-0.25, -0.2) is 9.97 Å². The van der Waals surface area contributed by atoms with Gasteiger partial charge in [-0.1, -0.05) is 70.2 Å². The molecule has 0 saturated heterocycles. The Hall–Kier alpha value is -0.580. The van der Waals surface area contributed by atoms with Gasteiger partial charge in [0.05, 0.1) is 21.9 Å². The van der Waals surface area contributed by atoms with E-state index in [2.05, 4.69) is 60.3 Å². The molecule has 0 radical (unpaired) electrons. The monoisotopic (exact) mass is 320 g/mol. The molecule has 0 bridgehead atoms. The number of nitrogens with zero attached hydrogens (tertiary/aromatic N) is 2. The highest BCUT2D eigenvalue weighted by Gasteiger charge is 2.27. The molecule has 0 amide bonds. The zero-order chi connectivity index (χ0) is 15.8. The number of benzene rings is 1. The van der Waals surface area contributed by atoms with Crippen LogP contribution in [-0.2, 0) is 0 Å². The second kappa shape index (κ2) is 5.90. The van der Waals surface area contributed by atoms with Gasteiger partial charge in [0.1, 0.15) is 0 Å². The van der Waals surface area contributed by atoms with Gasteiger partial charge in [0, 0.05) is 0 Å². The van der Waals surface area contributed by atoms with Crippen LogP contribution in [0, 0.1) is 0 Å². The third kappa shape index (κ3) is 4.21. The van der Waals surface area contributed by atoms with Crippen molar-refractivity contribution >= 4 is 38.4 Å². The summed E-state index contributed by atoms with van der Waals surface area (Å²) in [5, 5.41) is 0.504. The van der Waals surface area contributed by atoms with Crippen LogP contribution in [0.25, 0.3) is 11.0 Å². The average Bonchev–Trinajstić information content (AvgIpc) is 2.34. The van der Waals surface area contributed by atoms with E-state index >= 15 is 0 Å². The van der Waals surface area contributed by atoms with Gasteiger partial charge in [0.25, 0.3) is 0 Å². The highest BCUT2D eigenvalue weighted by molar-refractivity contribution is 7.68. The summed E-state index contributed by atoms with van der Waals surface area (Å²) in [6.45, 7) is 16.1. The molecule has 0 fully saturated rings. The molecule has 2 nitrogen and oxygen atoms in total. The van der Waals surface area contributed by atoms with Crippen LogP contribution in [0.15, 0.2) is 24.3 Å². The quantitative estimate of drug-likeness (QED) is 0.772. The van der Waals surface area contributed by atoms with E-state index in [4.69, 9.17) is 9.97 Å². The van der Waals surface area contributed by atoms with Crippen molar-refractivity contribution in [2.45, 2.75) is 51.9 Å². The first kappa shape index (κ1) is 16.8. The normalized spacial score (nSPS) is 15.0. The Morgan fingerprint density at radius 3 is 1.90 bits per heavy atom. The largest absolute Gasteiger partial charge is 0.244 e. The van der Waals surface area contributed by atoms with Crippen molar-refractivity contribution in [3.63, 3.8) is 0 Å². The van der Waals surface area contributed by atoms with Crippen LogP contribution < -0.4 is 10.9 Å². The van der Waals surface area contributed by atoms with Crippen molar-refractivity contribution < 1.29 is 0 Å². The van der Waals surface area contributed by atoms with Crippen molar-refractivity contribution in [3.05, 3.63) is 24.3 Å². The fourth-order valence-electron chi connectivity index (χ4n) is 1.98. The van der Waals surface area contributed by atoms with Crippen molar-refractivity contribution in [2.24, 2.45) is 0 Å². The highest BCUT2D eigenvalue weighted by atomic mass is 31.1. The lowest BCUT2D eigenvalue weighted by atomic mass is 10.3. The topological polar surface area (TPSA) is 25.8 Å². The number of hydrogen-bond acceptors (Lipinski definition) is 2. The molecule has 4 heteroatoms. The maximum absolute atomic E-state index is 5.00. The van der Waals surface area contributed by atoms with Crippen LogP contribution in [0.4, 0.5) is 0 Å². The van der Waals surface area contributed by atoms with Gasteiger partial charge >= 0.3 is 0 Å². The van der Waals surface area contributed by atoms with Crippen molar-refractivity contribution in [2.75, 3.05) is 6.66 Å². The highest BCUT2D eigenvalue weighted by Crippen LogP contribution is 2.45. The molecule has 2 atom stereocenters. The Balaban J connectivity index is 2.61. The fraction of sp³-hybridized carbons (Fsp3) is 0.529. The minimum absolute atomic E-state index is 0.250. The summed E-state index contributed by atoms with van der Waals surface area (Å²) in [7, 11) is 0.360. The maximum Gasteiger partial charge on any atom is 0.0897 e.